The minimum Gasteiger partial charge on any atom is -0.478 e. The largest absolute Gasteiger partial charge is 0.478 e. The summed E-state index contributed by atoms with van der Waals surface area (Å²) < 4.78 is 7.30. The molecule has 5 aliphatic rings. The van der Waals surface area contributed by atoms with Gasteiger partial charge in [-0.2, -0.15) is 4.98 Å². The number of hydrogen-bond acceptors (Lipinski definition) is 12. The molecule has 17 heteroatoms. The zero-order valence-corrected chi connectivity index (χ0v) is 38.0. The fraction of sp³-hybridized carbons (Fsp3) is 0.511. The lowest BCUT2D eigenvalue weighted by atomic mass is 9.67. The number of ether oxygens (including phenoxy) is 1. The van der Waals surface area contributed by atoms with Gasteiger partial charge in [0.05, 0.1) is 11.7 Å². The van der Waals surface area contributed by atoms with Crippen molar-refractivity contribution < 1.29 is 23.9 Å². The van der Waals surface area contributed by atoms with Crippen LogP contribution in [-0.4, -0.2) is 112 Å². The summed E-state index contributed by atoms with van der Waals surface area (Å²) in [5, 5.41) is 9.44. The molecule has 4 amide bonds. The Hall–Kier alpha value is -5.74. The van der Waals surface area contributed by atoms with Crippen molar-refractivity contribution in [1.82, 2.24) is 35.0 Å². The lowest BCUT2D eigenvalue weighted by Gasteiger charge is -2.61. The number of pyridine rings is 1. The van der Waals surface area contributed by atoms with Crippen molar-refractivity contribution in [3.05, 3.63) is 75.2 Å². The minimum absolute atomic E-state index is 0.0424. The van der Waals surface area contributed by atoms with Crippen LogP contribution in [0.25, 0.3) is 10.9 Å². The Balaban J connectivity index is 0.799. The maximum Gasteiger partial charge on any atom is 0.293 e. The van der Waals surface area contributed by atoms with Crippen LogP contribution in [0.3, 0.4) is 0 Å². The molecule has 2 aromatic heterocycles. The van der Waals surface area contributed by atoms with Crippen molar-refractivity contribution >= 4 is 69.3 Å². The molecule has 338 valence electrons. The molecule has 0 saturated carbocycles. The summed E-state index contributed by atoms with van der Waals surface area (Å²) in [5.74, 6) is 0.610. The van der Waals surface area contributed by atoms with Crippen molar-refractivity contribution in [1.29, 1.82) is 0 Å². The van der Waals surface area contributed by atoms with E-state index >= 15 is 0 Å². The van der Waals surface area contributed by atoms with E-state index < -0.39 is 6.04 Å². The number of carbonyl (C=O) groups is 4. The lowest BCUT2D eigenvalue weighted by Crippen LogP contribution is -2.68. The van der Waals surface area contributed by atoms with Crippen molar-refractivity contribution in [3.8, 4) is 5.75 Å². The van der Waals surface area contributed by atoms with E-state index in [2.05, 4.69) is 55.5 Å². The Labute approximate surface area is 377 Å². The summed E-state index contributed by atoms with van der Waals surface area (Å²) in [7, 11) is 1.52. The SMILES string of the molecule is CNC(=O)COc1cc2cc(Nc3nc(N4CCC5(CC4)CN(C(C)(C)C4CCN(c6cccc7c6CN(C6CCC(=O)NC6=O)C7=O)CC4)C5)ncc3Cl)ccc2n(C(C)C)c1=O. The van der Waals surface area contributed by atoms with E-state index in [1.807, 2.05) is 44.2 Å². The Morgan fingerprint density at radius 2 is 1.75 bits per heavy atom. The second kappa shape index (κ2) is 17.0. The highest BCUT2D eigenvalue weighted by Crippen LogP contribution is 2.48. The maximum atomic E-state index is 13.5. The lowest BCUT2D eigenvalue weighted by molar-refractivity contribution is -0.137. The number of aromatic nitrogens is 3. The van der Waals surface area contributed by atoms with E-state index in [0.717, 1.165) is 92.8 Å². The number of benzene rings is 2. The summed E-state index contributed by atoms with van der Waals surface area (Å²) in [4.78, 5) is 81.5. The van der Waals surface area contributed by atoms with Crippen LogP contribution in [-0.2, 0) is 20.9 Å². The molecule has 2 aromatic carbocycles. The van der Waals surface area contributed by atoms with Crippen LogP contribution in [0, 0.1) is 11.3 Å². The standard InChI is InChI=1S/C47H57ClN10O6/c1-28(2)58-35-10-9-31(21-29(35)22-38(44(58)63)64-25-40(60)49-5)51-41-34(48)23-50-45(53-41)55-19-15-47(16-20-55)26-56(27-47)46(3,4)30-13-17-54(18-14-30)36-8-6-7-32-33(36)24-57(43(32)62)37-11-12-39(59)52-42(37)61/h6-10,21-23,28,30,37H,11-20,24-27H2,1-5H3,(H,49,60)(H,50,51,53)(H,52,59,61). The monoisotopic (exact) mass is 892 g/mol. The van der Waals surface area contributed by atoms with Crippen LogP contribution >= 0.6 is 11.6 Å². The predicted octanol–water partition coefficient (Wildman–Crippen LogP) is 5.25. The topological polar surface area (TPSA) is 174 Å². The molecular weight excluding hydrogens is 836 g/mol. The molecule has 0 bridgehead atoms. The van der Waals surface area contributed by atoms with Gasteiger partial charge in [0.15, 0.2) is 18.2 Å². The summed E-state index contributed by atoms with van der Waals surface area (Å²) in [5.41, 5.74) is 4.19. The molecule has 3 N–H and O–H groups in total. The highest BCUT2D eigenvalue weighted by atomic mass is 35.5. The van der Waals surface area contributed by atoms with Gasteiger partial charge >= 0.3 is 0 Å². The summed E-state index contributed by atoms with van der Waals surface area (Å²) in [6, 6.07) is 12.5. The minimum atomic E-state index is -0.622. The molecule has 5 aliphatic heterocycles. The first-order valence-electron chi connectivity index (χ1n) is 22.5. The highest BCUT2D eigenvalue weighted by molar-refractivity contribution is 6.33. The Kier molecular flexibility index (Phi) is 11.6. The van der Waals surface area contributed by atoms with Crippen LogP contribution in [0.15, 0.2) is 53.5 Å². The molecule has 64 heavy (non-hydrogen) atoms. The number of fused-ring (bicyclic) bond motifs is 2. The van der Waals surface area contributed by atoms with Crippen LogP contribution in [0.2, 0.25) is 5.02 Å². The van der Waals surface area contributed by atoms with E-state index in [9.17, 15) is 24.0 Å². The number of imide groups is 1. The second-order valence-corrected chi connectivity index (χ2v) is 19.4. The number of piperidine rings is 3. The Morgan fingerprint density at radius 1 is 1.00 bits per heavy atom. The zero-order chi connectivity index (χ0) is 45.1. The number of likely N-dealkylation sites (tertiary alicyclic amines) is 1. The van der Waals surface area contributed by atoms with Crippen molar-refractivity contribution in [2.45, 2.75) is 90.4 Å². The third-order valence-electron chi connectivity index (χ3n) is 14.5. The molecule has 4 fully saturated rings. The van der Waals surface area contributed by atoms with E-state index in [1.54, 1.807) is 21.7 Å². The Bertz CT molecular complexity index is 2570. The number of rotatable bonds is 11. The molecule has 16 nitrogen and oxygen atoms in total. The number of nitrogens with zero attached hydrogens (tertiary/aromatic N) is 7. The third-order valence-corrected chi connectivity index (χ3v) is 14.8. The number of hydrogen-bond donors (Lipinski definition) is 3. The van der Waals surface area contributed by atoms with E-state index in [0.29, 0.717) is 41.2 Å². The molecule has 9 rings (SSSR count). The van der Waals surface area contributed by atoms with Gasteiger partial charge in [0, 0.05) is 98.8 Å². The molecule has 4 saturated heterocycles. The van der Waals surface area contributed by atoms with Crippen LogP contribution in [0.5, 0.6) is 5.75 Å². The van der Waals surface area contributed by atoms with Crippen molar-refractivity contribution in [2.24, 2.45) is 11.3 Å². The molecule has 1 spiro atoms. The van der Waals surface area contributed by atoms with Crippen LogP contribution in [0.4, 0.5) is 23.1 Å². The van der Waals surface area contributed by atoms with Gasteiger partial charge in [-0.15, -0.1) is 0 Å². The van der Waals surface area contributed by atoms with E-state index in [-0.39, 0.29) is 65.0 Å². The van der Waals surface area contributed by atoms with Gasteiger partial charge in [-0.05, 0) is 108 Å². The van der Waals surface area contributed by atoms with Gasteiger partial charge in [-0.25, -0.2) is 4.98 Å². The summed E-state index contributed by atoms with van der Waals surface area (Å²) in [6.45, 7) is 14.4. The zero-order valence-electron chi connectivity index (χ0n) is 37.2. The number of likely N-dealkylation sites (N-methyl/N-ethyl adjacent to an activating group) is 1. The molecule has 0 aliphatic carbocycles. The molecule has 1 unspecified atom stereocenters. The van der Waals surface area contributed by atoms with Crippen molar-refractivity contribution in [2.75, 3.05) is 68.0 Å². The second-order valence-electron chi connectivity index (χ2n) is 19.0. The molecule has 7 heterocycles. The number of amides is 4. The first kappa shape index (κ1) is 43.5. The molecule has 4 aromatic rings. The van der Waals surface area contributed by atoms with Gasteiger partial charge in [0.25, 0.3) is 17.4 Å². The van der Waals surface area contributed by atoms with Gasteiger partial charge in [-0.3, -0.25) is 34.2 Å². The highest BCUT2D eigenvalue weighted by Gasteiger charge is 2.52. The first-order chi connectivity index (χ1) is 30.6. The summed E-state index contributed by atoms with van der Waals surface area (Å²) in [6.07, 6.45) is 6.44. The third kappa shape index (κ3) is 8.03. The number of halogens is 1. The maximum absolute atomic E-state index is 13.5. The average Bonchev–Trinajstić information content (AvgIpc) is 3.61. The number of nitrogens with one attached hydrogen (secondary N) is 3. The number of anilines is 4. The quantitative estimate of drug-likeness (QED) is 0.167. The Morgan fingerprint density at radius 3 is 2.45 bits per heavy atom. The van der Waals surface area contributed by atoms with Crippen LogP contribution < -0.4 is 36.0 Å². The average molecular weight is 893 g/mol. The van der Waals surface area contributed by atoms with Gasteiger partial charge < -0.3 is 34.6 Å². The molecular formula is C47H57ClN10O6. The van der Waals surface area contributed by atoms with Gasteiger partial charge in [0.2, 0.25) is 17.8 Å². The van der Waals surface area contributed by atoms with Crippen LogP contribution in [0.1, 0.15) is 88.2 Å². The predicted molar refractivity (Wildman–Crippen MR) is 245 cm³/mol. The number of carbonyl (C=O) groups excluding carboxylic acids is 4. The smallest absolute Gasteiger partial charge is 0.293 e. The van der Waals surface area contributed by atoms with E-state index in [4.69, 9.17) is 21.3 Å². The van der Waals surface area contributed by atoms with Gasteiger partial charge in [-0.1, -0.05) is 17.7 Å². The normalized spacial score (nSPS) is 20.5. The van der Waals surface area contributed by atoms with Gasteiger partial charge in [0.1, 0.15) is 11.1 Å². The fourth-order valence-corrected chi connectivity index (χ4v) is 10.7. The molecule has 1 atom stereocenters. The fourth-order valence-electron chi connectivity index (χ4n) is 10.6. The first-order valence-corrected chi connectivity index (χ1v) is 22.9. The van der Waals surface area contributed by atoms with E-state index in [1.165, 1.54) is 7.05 Å². The summed E-state index contributed by atoms with van der Waals surface area (Å²) >= 11 is 6.65. The van der Waals surface area contributed by atoms with Crippen molar-refractivity contribution in [3.63, 3.8) is 0 Å². The molecule has 0 radical (unpaired) electrons.